The number of aryl methyl sites for hydroxylation is 1. The first-order chi connectivity index (χ1) is 15.2. The molecule has 0 fully saturated rings. The molecule has 1 heterocycles. The number of methoxy groups -OCH3 is 1. The summed E-state index contributed by atoms with van der Waals surface area (Å²) in [5, 5.41) is 5.14. The largest absolute Gasteiger partial charge is 0.497 e. The molecular formula is C23H26N2O6S. The van der Waals surface area contributed by atoms with Gasteiger partial charge in [0.2, 0.25) is 10.0 Å². The van der Waals surface area contributed by atoms with Crippen molar-refractivity contribution in [3.63, 3.8) is 0 Å². The van der Waals surface area contributed by atoms with Crippen LogP contribution in [-0.4, -0.2) is 39.3 Å². The van der Waals surface area contributed by atoms with Crippen molar-refractivity contribution in [2.24, 2.45) is 5.14 Å². The predicted octanol–water partition coefficient (Wildman–Crippen LogP) is 3.05. The van der Waals surface area contributed by atoms with Gasteiger partial charge in [0.25, 0.3) is 0 Å². The van der Waals surface area contributed by atoms with Crippen molar-refractivity contribution in [2.45, 2.75) is 25.3 Å². The zero-order valence-electron chi connectivity index (χ0n) is 18.2. The van der Waals surface area contributed by atoms with Gasteiger partial charge in [-0.05, 0) is 61.9 Å². The average Bonchev–Trinajstić information content (AvgIpc) is 3.05. The Balaban J connectivity index is 1.58. The van der Waals surface area contributed by atoms with Crippen LogP contribution in [0.2, 0.25) is 0 Å². The summed E-state index contributed by atoms with van der Waals surface area (Å²) in [7, 11) is -2.14. The van der Waals surface area contributed by atoms with Gasteiger partial charge < -0.3 is 18.8 Å². The summed E-state index contributed by atoms with van der Waals surface area (Å²) < 4.78 is 40.8. The third-order valence-corrected chi connectivity index (χ3v) is 5.96. The summed E-state index contributed by atoms with van der Waals surface area (Å²) in [5.41, 5.74) is 3.01. The summed E-state index contributed by atoms with van der Waals surface area (Å²) in [6.07, 6.45) is 0. The number of benzene rings is 2. The summed E-state index contributed by atoms with van der Waals surface area (Å²) >= 11 is 0. The minimum Gasteiger partial charge on any atom is -0.497 e. The number of primary sulfonamides is 1. The molecule has 0 unspecified atom stereocenters. The Bertz CT molecular complexity index is 1180. The highest BCUT2D eigenvalue weighted by molar-refractivity contribution is 7.89. The lowest BCUT2D eigenvalue weighted by molar-refractivity contribution is 0.0449. The molecule has 0 saturated heterocycles. The van der Waals surface area contributed by atoms with E-state index in [-0.39, 0.29) is 18.1 Å². The Morgan fingerprint density at radius 1 is 0.969 bits per heavy atom. The Morgan fingerprint density at radius 2 is 1.59 bits per heavy atom. The standard InChI is InChI=1S/C23H26N2O6S/c1-16-14-22(23(26)31-13-12-30-20-8-6-19(29-3)7-9-20)17(2)25(16)15-18-4-10-21(11-5-18)32(24,27)28/h4-11,14H,12-13,15H2,1-3H3,(H2,24,27,28). The summed E-state index contributed by atoms with van der Waals surface area (Å²) in [4.78, 5) is 12.6. The molecule has 0 atom stereocenters. The van der Waals surface area contributed by atoms with E-state index in [0.717, 1.165) is 22.7 Å². The molecular weight excluding hydrogens is 432 g/mol. The zero-order valence-corrected chi connectivity index (χ0v) is 19.0. The summed E-state index contributed by atoms with van der Waals surface area (Å²) in [5.74, 6) is 0.972. The molecule has 2 N–H and O–H groups in total. The Kier molecular flexibility index (Phi) is 7.22. The number of hydrogen-bond donors (Lipinski definition) is 1. The van der Waals surface area contributed by atoms with E-state index in [4.69, 9.17) is 19.3 Å². The van der Waals surface area contributed by atoms with Crippen molar-refractivity contribution < 1.29 is 27.4 Å². The Hall–Kier alpha value is -3.30. The quantitative estimate of drug-likeness (QED) is 0.390. The maximum absolute atomic E-state index is 12.5. The second kappa shape index (κ2) is 9.88. The van der Waals surface area contributed by atoms with Crippen molar-refractivity contribution in [1.82, 2.24) is 4.57 Å². The third-order valence-electron chi connectivity index (χ3n) is 5.03. The minimum absolute atomic E-state index is 0.0586. The molecule has 3 aromatic rings. The van der Waals surface area contributed by atoms with Gasteiger partial charge in [-0.25, -0.2) is 18.4 Å². The van der Waals surface area contributed by atoms with E-state index in [9.17, 15) is 13.2 Å². The van der Waals surface area contributed by atoms with Gasteiger partial charge in [-0.3, -0.25) is 0 Å². The van der Waals surface area contributed by atoms with Crippen molar-refractivity contribution in [1.29, 1.82) is 0 Å². The highest BCUT2D eigenvalue weighted by atomic mass is 32.2. The minimum atomic E-state index is -3.73. The second-order valence-corrected chi connectivity index (χ2v) is 8.78. The average molecular weight is 459 g/mol. The normalized spacial score (nSPS) is 11.2. The monoisotopic (exact) mass is 458 g/mol. The highest BCUT2D eigenvalue weighted by Gasteiger charge is 2.17. The lowest BCUT2D eigenvalue weighted by atomic mass is 10.2. The molecule has 170 valence electrons. The van der Waals surface area contributed by atoms with Crippen LogP contribution in [-0.2, 0) is 21.3 Å². The number of rotatable bonds is 9. The van der Waals surface area contributed by atoms with Gasteiger partial charge in [0.15, 0.2) is 0 Å². The van der Waals surface area contributed by atoms with Crippen molar-refractivity contribution >= 4 is 16.0 Å². The lowest BCUT2D eigenvalue weighted by Crippen LogP contribution is -2.13. The first kappa shape index (κ1) is 23.4. The zero-order chi connectivity index (χ0) is 23.3. The van der Waals surface area contributed by atoms with Crippen LogP contribution in [0.5, 0.6) is 11.5 Å². The smallest absolute Gasteiger partial charge is 0.340 e. The van der Waals surface area contributed by atoms with E-state index in [1.165, 1.54) is 12.1 Å². The number of carbonyl (C=O) groups is 1. The first-order valence-electron chi connectivity index (χ1n) is 9.91. The van der Waals surface area contributed by atoms with E-state index in [0.29, 0.717) is 17.9 Å². The van der Waals surface area contributed by atoms with E-state index in [2.05, 4.69) is 0 Å². The maximum atomic E-state index is 12.5. The van der Waals surface area contributed by atoms with Crippen molar-refractivity contribution in [3.05, 3.63) is 77.1 Å². The lowest BCUT2D eigenvalue weighted by Gasteiger charge is -2.11. The summed E-state index contributed by atoms with van der Waals surface area (Å²) in [6.45, 7) is 4.57. The van der Waals surface area contributed by atoms with Gasteiger partial charge in [0.05, 0.1) is 17.6 Å². The first-order valence-corrected chi connectivity index (χ1v) is 11.5. The molecule has 8 nitrogen and oxygen atoms in total. The molecule has 0 aliphatic carbocycles. The maximum Gasteiger partial charge on any atom is 0.340 e. The topological polar surface area (TPSA) is 110 Å². The molecule has 9 heteroatoms. The van der Waals surface area contributed by atoms with E-state index >= 15 is 0 Å². The molecule has 0 aliphatic heterocycles. The second-order valence-electron chi connectivity index (χ2n) is 7.22. The fraction of sp³-hybridized carbons (Fsp3) is 0.261. The van der Waals surface area contributed by atoms with Gasteiger partial charge in [-0.2, -0.15) is 0 Å². The van der Waals surface area contributed by atoms with E-state index in [1.54, 1.807) is 49.6 Å². The van der Waals surface area contributed by atoms with Crippen LogP contribution in [0.15, 0.2) is 59.5 Å². The number of nitrogens with two attached hydrogens (primary N) is 1. The number of hydrogen-bond acceptors (Lipinski definition) is 6. The molecule has 0 bridgehead atoms. The van der Waals surface area contributed by atoms with Crippen LogP contribution in [0, 0.1) is 13.8 Å². The Morgan fingerprint density at radius 3 is 2.19 bits per heavy atom. The van der Waals surface area contributed by atoms with Gasteiger partial charge in [0, 0.05) is 17.9 Å². The number of carbonyl (C=O) groups excluding carboxylic acids is 1. The highest BCUT2D eigenvalue weighted by Crippen LogP contribution is 2.20. The summed E-state index contributed by atoms with van der Waals surface area (Å²) in [6, 6.07) is 15.3. The molecule has 32 heavy (non-hydrogen) atoms. The number of ether oxygens (including phenoxy) is 3. The van der Waals surface area contributed by atoms with Crippen LogP contribution >= 0.6 is 0 Å². The van der Waals surface area contributed by atoms with Crippen LogP contribution in [0.1, 0.15) is 27.3 Å². The van der Waals surface area contributed by atoms with Crippen LogP contribution in [0.3, 0.4) is 0 Å². The Labute approximate surface area is 187 Å². The van der Waals surface area contributed by atoms with Crippen LogP contribution in [0.4, 0.5) is 0 Å². The number of nitrogens with zero attached hydrogens (tertiary/aromatic N) is 1. The molecule has 1 aromatic heterocycles. The third kappa shape index (κ3) is 5.68. The molecule has 0 amide bonds. The van der Waals surface area contributed by atoms with Crippen LogP contribution < -0.4 is 14.6 Å². The van der Waals surface area contributed by atoms with Gasteiger partial charge in [-0.1, -0.05) is 12.1 Å². The van der Waals surface area contributed by atoms with E-state index in [1.807, 2.05) is 18.4 Å². The molecule has 2 aromatic carbocycles. The molecule has 0 saturated carbocycles. The van der Waals surface area contributed by atoms with Gasteiger partial charge in [-0.15, -0.1) is 0 Å². The van der Waals surface area contributed by atoms with Crippen molar-refractivity contribution in [3.8, 4) is 11.5 Å². The molecule has 3 rings (SSSR count). The SMILES string of the molecule is COc1ccc(OCCOC(=O)c2cc(C)n(Cc3ccc(S(N)(=O)=O)cc3)c2C)cc1. The number of esters is 1. The number of aromatic nitrogens is 1. The fourth-order valence-electron chi connectivity index (χ4n) is 3.26. The predicted molar refractivity (Wildman–Crippen MR) is 120 cm³/mol. The molecule has 0 radical (unpaired) electrons. The van der Waals surface area contributed by atoms with Crippen LogP contribution in [0.25, 0.3) is 0 Å². The molecule has 0 aliphatic rings. The fourth-order valence-corrected chi connectivity index (χ4v) is 3.78. The van der Waals surface area contributed by atoms with Gasteiger partial charge in [0.1, 0.15) is 24.7 Å². The van der Waals surface area contributed by atoms with Gasteiger partial charge >= 0.3 is 5.97 Å². The van der Waals surface area contributed by atoms with Crippen molar-refractivity contribution in [2.75, 3.05) is 20.3 Å². The van der Waals surface area contributed by atoms with E-state index < -0.39 is 16.0 Å². The number of sulfonamides is 1. The molecule has 0 spiro atoms.